The topological polar surface area (TPSA) is 33.1 Å². The Labute approximate surface area is 117 Å². The highest BCUT2D eigenvalue weighted by molar-refractivity contribution is 7.17. The van der Waals surface area contributed by atoms with E-state index in [0.29, 0.717) is 15.8 Å². The largest absolute Gasteiger partial charge is 0.386 e. The minimum Gasteiger partial charge on any atom is -0.386 e. The summed E-state index contributed by atoms with van der Waals surface area (Å²) < 4.78 is 1.86. The summed E-state index contributed by atoms with van der Waals surface area (Å²) in [4.78, 5) is 4.12. The van der Waals surface area contributed by atoms with Crippen LogP contribution in [0.4, 0.5) is 0 Å². The van der Waals surface area contributed by atoms with Crippen LogP contribution in [0, 0.1) is 0 Å². The van der Waals surface area contributed by atoms with Gasteiger partial charge in [-0.1, -0.05) is 29.8 Å². The van der Waals surface area contributed by atoms with Gasteiger partial charge in [0.05, 0.1) is 6.20 Å². The molecule has 5 heteroatoms. The van der Waals surface area contributed by atoms with Gasteiger partial charge in [0.2, 0.25) is 0 Å². The van der Waals surface area contributed by atoms with Gasteiger partial charge in [0, 0.05) is 11.1 Å². The third-order valence-electron chi connectivity index (χ3n) is 2.75. The van der Waals surface area contributed by atoms with Gasteiger partial charge in [0.1, 0.15) is 15.4 Å². The Kier molecular flexibility index (Phi) is 3.35. The first-order valence-corrected chi connectivity index (χ1v) is 7.56. The summed E-state index contributed by atoms with van der Waals surface area (Å²) in [5.41, 5.74) is 1.16. The predicted molar refractivity (Wildman–Crippen MR) is 77.6 cm³/mol. The van der Waals surface area contributed by atoms with Crippen LogP contribution in [0.2, 0.25) is 4.34 Å². The van der Waals surface area contributed by atoms with Crippen LogP contribution in [0.1, 0.15) is 16.7 Å². The maximum absolute atomic E-state index is 10.2. The molecule has 0 aliphatic heterocycles. The zero-order valence-corrected chi connectivity index (χ0v) is 11.7. The Hall–Kier alpha value is -0.940. The van der Waals surface area contributed by atoms with Crippen molar-refractivity contribution < 1.29 is 5.11 Å². The minimum absolute atomic E-state index is 0.577. The monoisotopic (exact) mass is 295 g/mol. The number of aliphatic hydroxyl groups excluding tert-OH is 1. The summed E-state index contributed by atoms with van der Waals surface area (Å²) in [5.74, 6) is 0. The van der Waals surface area contributed by atoms with Crippen LogP contribution in [0.3, 0.4) is 0 Å². The van der Waals surface area contributed by atoms with E-state index >= 15 is 0 Å². The second-order valence-corrected chi connectivity index (χ2v) is 6.58. The van der Waals surface area contributed by atoms with E-state index in [9.17, 15) is 5.11 Å². The maximum Gasteiger partial charge on any atom is 0.123 e. The van der Waals surface area contributed by atoms with E-state index in [0.717, 1.165) is 5.56 Å². The maximum atomic E-state index is 10.2. The van der Waals surface area contributed by atoms with Gasteiger partial charge in [-0.05, 0) is 22.4 Å². The fraction of sp³-hybridized carbons (Fsp3) is 0.154. The molecular formula is C13H10ClNOS2. The summed E-state index contributed by atoms with van der Waals surface area (Å²) in [6, 6.07) is 8.23. The van der Waals surface area contributed by atoms with Gasteiger partial charge in [0.15, 0.2) is 0 Å². The van der Waals surface area contributed by atoms with Crippen molar-refractivity contribution in [2.24, 2.45) is 0 Å². The Morgan fingerprint density at radius 1 is 1.33 bits per heavy atom. The zero-order valence-electron chi connectivity index (χ0n) is 9.34. The molecule has 18 heavy (non-hydrogen) atoms. The lowest BCUT2D eigenvalue weighted by molar-refractivity contribution is 0.178. The van der Waals surface area contributed by atoms with Gasteiger partial charge in [-0.15, -0.1) is 22.7 Å². The predicted octanol–water partition coefficient (Wildman–Crippen LogP) is 4.29. The molecule has 0 saturated carbocycles. The SMILES string of the molecule is OC(Cc1csc2ccccc12)c1ncc(Cl)s1. The number of thiophene rings is 1. The molecule has 92 valence electrons. The van der Waals surface area contributed by atoms with Crippen LogP contribution in [-0.4, -0.2) is 10.1 Å². The van der Waals surface area contributed by atoms with Gasteiger partial charge in [-0.2, -0.15) is 0 Å². The first-order valence-electron chi connectivity index (χ1n) is 5.48. The highest BCUT2D eigenvalue weighted by atomic mass is 35.5. The molecule has 0 saturated heterocycles. The summed E-state index contributed by atoms with van der Waals surface area (Å²) in [7, 11) is 0. The Morgan fingerprint density at radius 3 is 2.94 bits per heavy atom. The first kappa shape index (κ1) is 12.1. The van der Waals surface area contributed by atoms with Crippen molar-refractivity contribution in [3.8, 4) is 0 Å². The fourth-order valence-corrected chi connectivity index (χ4v) is 3.80. The van der Waals surface area contributed by atoms with E-state index in [1.807, 2.05) is 12.1 Å². The molecule has 0 aliphatic carbocycles. The van der Waals surface area contributed by atoms with Crippen molar-refractivity contribution in [3.05, 3.63) is 50.7 Å². The lowest BCUT2D eigenvalue weighted by atomic mass is 10.1. The molecule has 0 aliphatic rings. The molecule has 0 radical (unpaired) electrons. The van der Waals surface area contributed by atoms with E-state index in [-0.39, 0.29) is 0 Å². The zero-order chi connectivity index (χ0) is 12.5. The van der Waals surface area contributed by atoms with Crippen LogP contribution in [0.15, 0.2) is 35.8 Å². The van der Waals surface area contributed by atoms with Crippen molar-refractivity contribution in [1.29, 1.82) is 0 Å². The summed E-state index contributed by atoms with van der Waals surface area (Å²) in [6.07, 6.45) is 1.57. The highest BCUT2D eigenvalue weighted by Crippen LogP contribution is 2.31. The number of benzene rings is 1. The number of thiazole rings is 1. The summed E-state index contributed by atoms with van der Waals surface area (Å²) in [6.45, 7) is 0. The number of hydrogen-bond donors (Lipinski definition) is 1. The first-order chi connectivity index (χ1) is 8.74. The molecule has 2 nitrogen and oxygen atoms in total. The third kappa shape index (κ3) is 2.29. The number of halogens is 1. The molecule has 1 unspecified atom stereocenters. The van der Waals surface area contributed by atoms with E-state index in [1.54, 1.807) is 17.5 Å². The average Bonchev–Trinajstić information content (AvgIpc) is 2.97. The number of fused-ring (bicyclic) bond motifs is 1. The summed E-state index contributed by atoms with van der Waals surface area (Å²) >= 11 is 8.86. The number of aromatic nitrogens is 1. The van der Waals surface area contributed by atoms with Gasteiger partial charge >= 0.3 is 0 Å². The van der Waals surface area contributed by atoms with Gasteiger partial charge in [0.25, 0.3) is 0 Å². The Balaban J connectivity index is 1.88. The third-order valence-corrected chi connectivity index (χ3v) is 4.98. The number of aliphatic hydroxyl groups is 1. The quantitative estimate of drug-likeness (QED) is 0.782. The number of nitrogens with zero attached hydrogens (tertiary/aromatic N) is 1. The Morgan fingerprint density at radius 2 is 2.17 bits per heavy atom. The van der Waals surface area contributed by atoms with Gasteiger partial charge in [-0.25, -0.2) is 4.98 Å². The molecule has 0 fully saturated rings. The standard InChI is InChI=1S/C13H10ClNOS2/c14-12-6-15-13(18-12)10(16)5-8-7-17-11-4-2-1-3-9(8)11/h1-4,6-7,10,16H,5H2. The van der Waals surface area contributed by atoms with Crippen molar-refractivity contribution >= 4 is 44.4 Å². The van der Waals surface area contributed by atoms with Crippen LogP contribution < -0.4 is 0 Å². The molecule has 3 rings (SSSR count). The van der Waals surface area contributed by atoms with Crippen molar-refractivity contribution in [2.75, 3.05) is 0 Å². The lowest BCUT2D eigenvalue weighted by Crippen LogP contribution is -2.00. The van der Waals surface area contributed by atoms with E-state index in [2.05, 4.69) is 22.5 Å². The van der Waals surface area contributed by atoms with Crippen LogP contribution in [-0.2, 0) is 6.42 Å². The molecule has 3 aromatic rings. The number of rotatable bonds is 3. The highest BCUT2D eigenvalue weighted by Gasteiger charge is 2.15. The van der Waals surface area contributed by atoms with E-state index in [4.69, 9.17) is 11.6 Å². The van der Waals surface area contributed by atoms with E-state index in [1.165, 1.54) is 21.4 Å². The van der Waals surface area contributed by atoms with Crippen LogP contribution in [0.25, 0.3) is 10.1 Å². The molecule has 1 N–H and O–H groups in total. The average molecular weight is 296 g/mol. The fourth-order valence-electron chi connectivity index (χ4n) is 1.91. The molecule has 2 aromatic heterocycles. The van der Waals surface area contributed by atoms with Crippen LogP contribution >= 0.6 is 34.3 Å². The smallest absolute Gasteiger partial charge is 0.123 e. The molecule has 0 amide bonds. The molecular weight excluding hydrogens is 286 g/mol. The molecule has 2 heterocycles. The minimum atomic E-state index is -0.583. The van der Waals surface area contributed by atoms with Gasteiger partial charge in [-0.3, -0.25) is 0 Å². The van der Waals surface area contributed by atoms with Crippen molar-refractivity contribution in [2.45, 2.75) is 12.5 Å². The molecule has 0 spiro atoms. The number of hydrogen-bond acceptors (Lipinski definition) is 4. The van der Waals surface area contributed by atoms with Crippen molar-refractivity contribution in [1.82, 2.24) is 4.98 Å². The molecule has 0 bridgehead atoms. The van der Waals surface area contributed by atoms with Gasteiger partial charge < -0.3 is 5.11 Å². The lowest BCUT2D eigenvalue weighted by Gasteiger charge is -2.06. The summed E-state index contributed by atoms with van der Waals surface area (Å²) in [5, 5.41) is 14.1. The van der Waals surface area contributed by atoms with E-state index < -0.39 is 6.10 Å². The van der Waals surface area contributed by atoms with Crippen LogP contribution in [0.5, 0.6) is 0 Å². The molecule has 1 aromatic carbocycles. The second-order valence-electron chi connectivity index (χ2n) is 3.98. The molecule has 1 atom stereocenters. The Bertz CT molecular complexity index is 676. The van der Waals surface area contributed by atoms with Crippen molar-refractivity contribution in [3.63, 3.8) is 0 Å². The second kappa shape index (κ2) is 4.97. The normalized spacial score (nSPS) is 13.0.